The lowest BCUT2D eigenvalue weighted by molar-refractivity contribution is 0.0725. The molecule has 100 valence electrons. The molecule has 0 radical (unpaired) electrons. The first-order chi connectivity index (χ1) is 8.54. The summed E-state index contributed by atoms with van der Waals surface area (Å²) in [5, 5.41) is 0. The fraction of sp³-hybridized carbons (Fsp3) is 0.643. The summed E-state index contributed by atoms with van der Waals surface area (Å²) in [5.74, 6) is 0.0829. The molecule has 0 bridgehead atoms. The van der Waals surface area contributed by atoms with E-state index in [0.29, 0.717) is 11.7 Å². The monoisotopic (exact) mass is 249 g/mol. The van der Waals surface area contributed by atoms with E-state index in [0.717, 1.165) is 31.4 Å². The lowest BCUT2D eigenvalue weighted by atomic mass is 10.1. The van der Waals surface area contributed by atoms with Crippen LogP contribution in [0.15, 0.2) is 12.3 Å². The van der Waals surface area contributed by atoms with Gasteiger partial charge in [0.1, 0.15) is 5.69 Å². The Morgan fingerprint density at radius 2 is 2.28 bits per heavy atom. The average molecular weight is 249 g/mol. The van der Waals surface area contributed by atoms with Crippen molar-refractivity contribution in [1.82, 2.24) is 9.47 Å². The minimum Gasteiger partial charge on any atom is -0.397 e. The lowest BCUT2D eigenvalue weighted by Gasteiger charge is -2.25. The summed E-state index contributed by atoms with van der Waals surface area (Å²) in [6.45, 7) is 4.23. The van der Waals surface area contributed by atoms with E-state index >= 15 is 0 Å². The third kappa shape index (κ3) is 2.52. The summed E-state index contributed by atoms with van der Waals surface area (Å²) in [5.41, 5.74) is 7.24. The van der Waals surface area contributed by atoms with Crippen molar-refractivity contribution in [2.75, 3.05) is 12.8 Å². The summed E-state index contributed by atoms with van der Waals surface area (Å²) in [6.07, 6.45) is 6.32. The standard InChI is InChI=1S/C14H23N3O/c1-4-5-10(2)16(3)14(18)13-8-11(15)9-17(13)12-6-7-12/h8-10,12H,4-7,15H2,1-3H3. The Kier molecular flexibility index (Phi) is 3.64. The predicted octanol–water partition coefficient (Wildman–Crippen LogP) is 2.67. The zero-order valence-electron chi connectivity index (χ0n) is 11.5. The van der Waals surface area contributed by atoms with Gasteiger partial charge in [0.2, 0.25) is 0 Å². The van der Waals surface area contributed by atoms with E-state index in [4.69, 9.17) is 5.73 Å². The average Bonchev–Trinajstić information content (AvgIpc) is 3.11. The SMILES string of the molecule is CCCC(C)N(C)C(=O)c1cc(N)cn1C1CC1. The molecule has 1 aromatic heterocycles. The zero-order chi connectivity index (χ0) is 13.3. The van der Waals surface area contributed by atoms with E-state index in [1.54, 1.807) is 6.07 Å². The summed E-state index contributed by atoms with van der Waals surface area (Å²) < 4.78 is 2.05. The number of hydrogen-bond donors (Lipinski definition) is 1. The quantitative estimate of drug-likeness (QED) is 0.872. The molecule has 1 saturated carbocycles. The first-order valence-electron chi connectivity index (χ1n) is 6.79. The number of rotatable bonds is 5. The van der Waals surface area contributed by atoms with Gasteiger partial charge in [-0.25, -0.2) is 0 Å². The van der Waals surface area contributed by atoms with Crippen LogP contribution in [0.4, 0.5) is 5.69 Å². The number of nitrogens with two attached hydrogens (primary N) is 1. The predicted molar refractivity (Wildman–Crippen MR) is 73.6 cm³/mol. The highest BCUT2D eigenvalue weighted by molar-refractivity contribution is 5.94. The Balaban J connectivity index is 2.17. The van der Waals surface area contributed by atoms with Gasteiger partial charge in [-0.2, -0.15) is 0 Å². The maximum absolute atomic E-state index is 12.5. The van der Waals surface area contributed by atoms with Crippen molar-refractivity contribution < 1.29 is 4.79 Å². The van der Waals surface area contributed by atoms with E-state index in [1.165, 1.54) is 0 Å². The van der Waals surface area contributed by atoms with Crippen LogP contribution in [-0.2, 0) is 0 Å². The normalized spacial score (nSPS) is 16.6. The van der Waals surface area contributed by atoms with Crippen LogP contribution in [0.25, 0.3) is 0 Å². The van der Waals surface area contributed by atoms with Gasteiger partial charge in [0, 0.05) is 25.3 Å². The van der Waals surface area contributed by atoms with Gasteiger partial charge in [-0.05, 0) is 32.3 Å². The van der Waals surface area contributed by atoms with Gasteiger partial charge >= 0.3 is 0 Å². The Bertz CT molecular complexity index is 434. The highest BCUT2D eigenvalue weighted by atomic mass is 16.2. The van der Waals surface area contributed by atoms with Crippen molar-refractivity contribution >= 4 is 11.6 Å². The Labute approximate surface area is 109 Å². The molecule has 4 heteroatoms. The summed E-state index contributed by atoms with van der Waals surface area (Å²) >= 11 is 0. The van der Waals surface area contributed by atoms with E-state index in [9.17, 15) is 4.79 Å². The van der Waals surface area contributed by atoms with Crippen molar-refractivity contribution in [3.8, 4) is 0 Å². The fourth-order valence-electron chi connectivity index (χ4n) is 2.32. The van der Waals surface area contributed by atoms with Gasteiger partial charge < -0.3 is 15.2 Å². The van der Waals surface area contributed by atoms with Gasteiger partial charge in [-0.3, -0.25) is 4.79 Å². The number of nitrogen functional groups attached to an aromatic ring is 1. The minimum atomic E-state index is 0.0829. The maximum atomic E-state index is 12.5. The molecule has 1 unspecified atom stereocenters. The van der Waals surface area contributed by atoms with Crippen molar-refractivity contribution in [2.45, 2.75) is 51.6 Å². The molecule has 0 aliphatic heterocycles. The second-order valence-electron chi connectivity index (χ2n) is 5.35. The highest BCUT2D eigenvalue weighted by Gasteiger charge is 2.29. The maximum Gasteiger partial charge on any atom is 0.270 e. The van der Waals surface area contributed by atoms with Gasteiger partial charge in [0.05, 0.1) is 5.69 Å². The van der Waals surface area contributed by atoms with E-state index < -0.39 is 0 Å². The molecule has 1 aliphatic rings. The second kappa shape index (κ2) is 5.04. The Morgan fingerprint density at radius 1 is 1.61 bits per heavy atom. The molecular weight excluding hydrogens is 226 g/mol. The van der Waals surface area contributed by atoms with Gasteiger partial charge in [0.15, 0.2) is 0 Å². The van der Waals surface area contributed by atoms with Crippen LogP contribution in [-0.4, -0.2) is 28.5 Å². The first-order valence-corrected chi connectivity index (χ1v) is 6.79. The molecule has 1 fully saturated rings. The van der Waals surface area contributed by atoms with Crippen LogP contribution in [0, 0.1) is 0 Å². The summed E-state index contributed by atoms with van der Waals surface area (Å²) in [7, 11) is 1.88. The Morgan fingerprint density at radius 3 is 2.83 bits per heavy atom. The van der Waals surface area contributed by atoms with Crippen LogP contribution in [0.1, 0.15) is 56.1 Å². The third-order valence-corrected chi connectivity index (χ3v) is 3.72. The van der Waals surface area contributed by atoms with Crippen LogP contribution in [0.3, 0.4) is 0 Å². The van der Waals surface area contributed by atoms with E-state index in [-0.39, 0.29) is 11.9 Å². The smallest absolute Gasteiger partial charge is 0.270 e. The molecule has 1 aromatic rings. The molecule has 0 spiro atoms. The number of amides is 1. The van der Waals surface area contributed by atoms with Crippen molar-refractivity contribution in [1.29, 1.82) is 0 Å². The fourth-order valence-corrected chi connectivity index (χ4v) is 2.32. The molecule has 0 aromatic carbocycles. The van der Waals surface area contributed by atoms with Gasteiger partial charge in [0.25, 0.3) is 5.91 Å². The molecule has 1 heterocycles. The highest BCUT2D eigenvalue weighted by Crippen LogP contribution is 2.37. The summed E-state index contributed by atoms with van der Waals surface area (Å²) in [6, 6.07) is 2.55. The van der Waals surface area contributed by atoms with E-state index in [1.807, 2.05) is 22.7 Å². The van der Waals surface area contributed by atoms with Crippen molar-refractivity contribution in [2.24, 2.45) is 0 Å². The largest absolute Gasteiger partial charge is 0.397 e. The number of anilines is 1. The third-order valence-electron chi connectivity index (χ3n) is 3.72. The van der Waals surface area contributed by atoms with E-state index in [2.05, 4.69) is 13.8 Å². The van der Waals surface area contributed by atoms with Crippen LogP contribution in [0.5, 0.6) is 0 Å². The number of hydrogen-bond acceptors (Lipinski definition) is 2. The lowest BCUT2D eigenvalue weighted by Crippen LogP contribution is -2.36. The molecule has 1 amide bonds. The molecule has 4 nitrogen and oxygen atoms in total. The molecule has 18 heavy (non-hydrogen) atoms. The molecule has 2 rings (SSSR count). The van der Waals surface area contributed by atoms with Crippen LogP contribution in [0.2, 0.25) is 0 Å². The minimum absolute atomic E-state index is 0.0829. The second-order valence-corrected chi connectivity index (χ2v) is 5.35. The molecule has 2 N–H and O–H groups in total. The molecular formula is C14H23N3O. The van der Waals surface area contributed by atoms with Gasteiger partial charge in [-0.15, -0.1) is 0 Å². The summed E-state index contributed by atoms with van der Waals surface area (Å²) in [4.78, 5) is 14.3. The number of nitrogens with zero attached hydrogens (tertiary/aromatic N) is 2. The number of carbonyl (C=O) groups is 1. The first kappa shape index (κ1) is 13.0. The van der Waals surface area contributed by atoms with Crippen LogP contribution >= 0.6 is 0 Å². The molecule has 0 saturated heterocycles. The number of aromatic nitrogens is 1. The molecule has 1 aliphatic carbocycles. The van der Waals surface area contributed by atoms with Crippen molar-refractivity contribution in [3.05, 3.63) is 18.0 Å². The zero-order valence-corrected chi connectivity index (χ0v) is 11.5. The topological polar surface area (TPSA) is 51.3 Å². The number of carbonyl (C=O) groups excluding carboxylic acids is 1. The van der Waals surface area contributed by atoms with Gasteiger partial charge in [-0.1, -0.05) is 13.3 Å². The molecule has 1 atom stereocenters. The Hall–Kier alpha value is -1.45. The van der Waals surface area contributed by atoms with Crippen LogP contribution < -0.4 is 5.73 Å². The van der Waals surface area contributed by atoms with Crippen molar-refractivity contribution in [3.63, 3.8) is 0 Å².